The standard InChI is InChI=1S/C28H28ClN5O3/c1-18(13-19-7-9-22(29)10-8-19)15-31-28-32-24-11-12-33(17-23(24)26(35)34(28)37-2)27(36)25-14-20-5-3-4-6-21(20)16-30-25/h3-10,14,16,18H,11-13,15,17H2,1-2H3,(H,31,32)/t18-/m0/s1. The Hall–Kier alpha value is -3.91. The smallest absolute Gasteiger partial charge is 0.293 e. The SMILES string of the molecule is COn1c(NC[C@@H](C)Cc2ccc(Cl)cc2)nc2c(c1=O)CN(C(=O)c1cc3ccccc3cn1)CC2. The van der Waals surface area contributed by atoms with Crippen LogP contribution in [0.15, 0.2) is 65.6 Å². The summed E-state index contributed by atoms with van der Waals surface area (Å²) in [5.41, 5.74) is 2.37. The van der Waals surface area contributed by atoms with E-state index in [9.17, 15) is 9.59 Å². The van der Waals surface area contributed by atoms with Gasteiger partial charge in [-0.05, 0) is 41.5 Å². The summed E-state index contributed by atoms with van der Waals surface area (Å²) in [4.78, 5) is 42.6. The maximum Gasteiger partial charge on any atom is 0.293 e. The Morgan fingerprint density at radius 3 is 2.68 bits per heavy atom. The normalized spacial score (nSPS) is 13.8. The molecule has 2 aromatic heterocycles. The molecular weight excluding hydrogens is 490 g/mol. The Kier molecular flexibility index (Phi) is 7.10. The summed E-state index contributed by atoms with van der Waals surface area (Å²) in [5.74, 6) is 0.435. The summed E-state index contributed by atoms with van der Waals surface area (Å²) in [6, 6.07) is 17.4. The van der Waals surface area contributed by atoms with Gasteiger partial charge in [0.25, 0.3) is 11.5 Å². The van der Waals surface area contributed by atoms with Crippen molar-refractivity contribution in [3.8, 4) is 0 Å². The number of carbonyl (C=O) groups is 1. The van der Waals surface area contributed by atoms with Gasteiger partial charge in [0.15, 0.2) is 0 Å². The number of hydrogen-bond acceptors (Lipinski definition) is 6. The highest BCUT2D eigenvalue weighted by atomic mass is 35.5. The number of pyridine rings is 1. The molecule has 8 nitrogen and oxygen atoms in total. The second kappa shape index (κ2) is 10.6. The predicted molar refractivity (Wildman–Crippen MR) is 144 cm³/mol. The third-order valence-corrected chi connectivity index (χ3v) is 6.87. The number of hydrogen-bond donors (Lipinski definition) is 1. The van der Waals surface area contributed by atoms with Crippen LogP contribution in [-0.2, 0) is 19.4 Å². The van der Waals surface area contributed by atoms with Crippen LogP contribution in [0.3, 0.4) is 0 Å². The van der Waals surface area contributed by atoms with Crippen LogP contribution in [0.4, 0.5) is 5.95 Å². The third kappa shape index (κ3) is 5.29. The second-order valence-corrected chi connectivity index (χ2v) is 9.79. The van der Waals surface area contributed by atoms with Crippen molar-refractivity contribution in [3.63, 3.8) is 0 Å². The third-order valence-electron chi connectivity index (χ3n) is 6.62. The van der Waals surface area contributed by atoms with Crippen molar-refractivity contribution >= 4 is 34.2 Å². The first-order chi connectivity index (χ1) is 17.9. The van der Waals surface area contributed by atoms with Crippen LogP contribution in [0.25, 0.3) is 10.8 Å². The topological polar surface area (TPSA) is 89.4 Å². The minimum Gasteiger partial charge on any atom is -0.411 e. The molecule has 0 fully saturated rings. The summed E-state index contributed by atoms with van der Waals surface area (Å²) >= 11 is 5.98. The number of rotatable bonds is 7. The van der Waals surface area contributed by atoms with E-state index in [4.69, 9.17) is 21.4 Å². The van der Waals surface area contributed by atoms with E-state index < -0.39 is 0 Å². The Labute approximate surface area is 219 Å². The molecule has 4 aromatic rings. The Morgan fingerprint density at radius 1 is 1.16 bits per heavy atom. The van der Waals surface area contributed by atoms with E-state index in [1.54, 1.807) is 17.2 Å². The van der Waals surface area contributed by atoms with Gasteiger partial charge in [0, 0.05) is 36.1 Å². The molecule has 0 bridgehead atoms. The number of carbonyl (C=O) groups excluding carboxylic acids is 1. The summed E-state index contributed by atoms with van der Waals surface area (Å²) < 4.78 is 1.16. The molecule has 0 radical (unpaired) electrons. The number of nitrogens with one attached hydrogen (secondary N) is 1. The molecular formula is C28H28ClN5O3. The second-order valence-electron chi connectivity index (χ2n) is 9.35. The largest absolute Gasteiger partial charge is 0.411 e. The first-order valence-electron chi connectivity index (χ1n) is 12.2. The predicted octanol–water partition coefficient (Wildman–Crippen LogP) is 3.99. The molecule has 2 aromatic carbocycles. The Bertz CT molecular complexity index is 1500. The van der Waals surface area contributed by atoms with Gasteiger partial charge in [-0.1, -0.05) is 54.9 Å². The lowest BCUT2D eigenvalue weighted by Crippen LogP contribution is -2.42. The quantitative estimate of drug-likeness (QED) is 0.399. The molecule has 1 aliphatic rings. The van der Waals surface area contributed by atoms with Gasteiger partial charge >= 0.3 is 0 Å². The van der Waals surface area contributed by atoms with Crippen molar-refractivity contribution in [2.45, 2.75) is 26.3 Å². The minimum absolute atomic E-state index is 0.158. The number of fused-ring (bicyclic) bond motifs is 2. The van der Waals surface area contributed by atoms with Crippen molar-refractivity contribution in [1.29, 1.82) is 0 Å². The fourth-order valence-electron chi connectivity index (χ4n) is 4.64. The summed E-state index contributed by atoms with van der Waals surface area (Å²) in [7, 11) is 1.43. The first kappa shape index (κ1) is 24.8. The molecule has 0 saturated heterocycles. The van der Waals surface area contributed by atoms with Gasteiger partial charge in [0.05, 0.1) is 17.8 Å². The molecule has 0 unspecified atom stereocenters. The lowest BCUT2D eigenvalue weighted by molar-refractivity contribution is 0.0722. The van der Waals surface area contributed by atoms with Crippen molar-refractivity contribution in [1.82, 2.24) is 19.6 Å². The number of benzene rings is 2. The number of nitrogens with zero attached hydrogens (tertiary/aromatic N) is 4. The zero-order valence-corrected chi connectivity index (χ0v) is 21.5. The Morgan fingerprint density at radius 2 is 1.92 bits per heavy atom. The van der Waals surface area contributed by atoms with Gasteiger partial charge in [-0.25, -0.2) is 4.98 Å². The highest BCUT2D eigenvalue weighted by Gasteiger charge is 2.28. The Balaban J connectivity index is 1.31. The van der Waals surface area contributed by atoms with Gasteiger partial charge < -0.3 is 15.1 Å². The lowest BCUT2D eigenvalue weighted by Gasteiger charge is -2.28. The average molecular weight is 518 g/mol. The maximum absolute atomic E-state index is 13.3. The van der Waals surface area contributed by atoms with Crippen LogP contribution in [0.1, 0.15) is 34.2 Å². The summed E-state index contributed by atoms with van der Waals surface area (Å²) in [6.45, 7) is 3.34. The zero-order valence-electron chi connectivity index (χ0n) is 20.8. The molecule has 1 aliphatic heterocycles. The minimum atomic E-state index is -0.315. The highest BCUT2D eigenvalue weighted by molar-refractivity contribution is 6.30. The number of anilines is 1. The molecule has 1 amide bonds. The van der Waals surface area contributed by atoms with Gasteiger partial charge in [0.2, 0.25) is 5.95 Å². The van der Waals surface area contributed by atoms with Crippen molar-refractivity contribution < 1.29 is 9.63 Å². The summed E-state index contributed by atoms with van der Waals surface area (Å²) in [6.07, 6.45) is 3.03. The summed E-state index contributed by atoms with van der Waals surface area (Å²) in [5, 5.41) is 5.90. The van der Waals surface area contributed by atoms with E-state index in [1.807, 2.05) is 48.5 Å². The van der Waals surface area contributed by atoms with Crippen LogP contribution in [-0.4, -0.2) is 45.7 Å². The van der Waals surface area contributed by atoms with Crippen molar-refractivity contribution in [2.24, 2.45) is 5.92 Å². The highest BCUT2D eigenvalue weighted by Crippen LogP contribution is 2.20. The van der Waals surface area contributed by atoms with Crippen LogP contribution in [0.5, 0.6) is 0 Å². The van der Waals surface area contributed by atoms with Gasteiger partial charge in [0.1, 0.15) is 12.8 Å². The fraction of sp³-hybridized carbons (Fsp3) is 0.286. The van der Waals surface area contributed by atoms with Crippen LogP contribution < -0.4 is 15.7 Å². The van der Waals surface area contributed by atoms with E-state index in [0.717, 1.165) is 21.9 Å². The molecule has 0 saturated carbocycles. The van der Waals surface area contributed by atoms with Crippen LogP contribution in [0, 0.1) is 5.92 Å². The van der Waals surface area contributed by atoms with Gasteiger partial charge in [-0.3, -0.25) is 14.6 Å². The first-order valence-corrected chi connectivity index (χ1v) is 12.6. The number of aromatic nitrogens is 3. The molecule has 3 heterocycles. The van der Waals surface area contributed by atoms with Crippen molar-refractivity contribution in [3.05, 3.63) is 98.7 Å². The molecule has 190 valence electrons. The molecule has 0 spiro atoms. The van der Waals surface area contributed by atoms with Crippen molar-refractivity contribution in [2.75, 3.05) is 25.5 Å². The molecule has 37 heavy (non-hydrogen) atoms. The van der Waals surface area contributed by atoms with E-state index in [1.165, 1.54) is 12.7 Å². The van der Waals surface area contributed by atoms with Crippen LogP contribution in [0.2, 0.25) is 5.02 Å². The van der Waals surface area contributed by atoms with Gasteiger partial charge in [-0.2, -0.15) is 0 Å². The maximum atomic E-state index is 13.3. The van der Waals surface area contributed by atoms with E-state index in [-0.39, 0.29) is 23.9 Å². The monoisotopic (exact) mass is 517 g/mol. The number of amides is 1. The van der Waals surface area contributed by atoms with E-state index in [2.05, 4.69) is 17.2 Å². The van der Waals surface area contributed by atoms with Gasteiger partial charge in [-0.15, -0.1) is 4.73 Å². The molecule has 9 heteroatoms. The zero-order chi connectivity index (χ0) is 25.9. The molecule has 1 atom stereocenters. The fourth-order valence-corrected chi connectivity index (χ4v) is 4.76. The van der Waals surface area contributed by atoms with E-state index in [0.29, 0.717) is 47.4 Å². The van der Waals surface area contributed by atoms with Crippen LogP contribution >= 0.6 is 11.6 Å². The number of halogens is 1. The van der Waals surface area contributed by atoms with E-state index >= 15 is 0 Å². The molecule has 0 aliphatic carbocycles. The lowest BCUT2D eigenvalue weighted by atomic mass is 10.0. The molecule has 5 rings (SSSR count). The molecule has 1 N–H and O–H groups in total. The average Bonchev–Trinajstić information content (AvgIpc) is 2.92.